The molecule has 20 heavy (non-hydrogen) atoms. The lowest BCUT2D eigenvalue weighted by molar-refractivity contribution is -0.387. The summed E-state index contributed by atoms with van der Waals surface area (Å²) in [6.07, 6.45) is 1.54. The van der Waals surface area contributed by atoms with Crippen molar-refractivity contribution in [1.29, 1.82) is 5.26 Å². The van der Waals surface area contributed by atoms with Gasteiger partial charge in [0.05, 0.1) is 22.6 Å². The molecule has 104 valence electrons. The van der Waals surface area contributed by atoms with Gasteiger partial charge in [0, 0.05) is 0 Å². The van der Waals surface area contributed by atoms with Crippen molar-refractivity contribution in [2.45, 2.75) is 18.9 Å². The number of nitriles is 1. The van der Waals surface area contributed by atoms with E-state index in [-0.39, 0.29) is 5.92 Å². The quantitative estimate of drug-likeness (QED) is 0.673. The molecule has 1 amide bonds. The molecule has 0 saturated heterocycles. The van der Waals surface area contributed by atoms with Crippen molar-refractivity contribution in [3.8, 4) is 6.07 Å². The molecule has 1 fully saturated rings. The normalized spacial score (nSPS) is 15.2. The van der Waals surface area contributed by atoms with Crippen molar-refractivity contribution in [2.24, 2.45) is 5.92 Å². The van der Waals surface area contributed by atoms with E-state index in [0.29, 0.717) is 12.1 Å². The lowest BCUT2D eigenvalue weighted by atomic mass is 10.1. The molecule has 8 heteroatoms. The highest BCUT2D eigenvalue weighted by Crippen LogP contribution is 2.32. The van der Waals surface area contributed by atoms with Gasteiger partial charge in [-0.1, -0.05) is 0 Å². The molecular formula is C12H9F2N3O3. The Morgan fingerprint density at radius 3 is 2.65 bits per heavy atom. The topological polar surface area (TPSA) is 96.0 Å². The van der Waals surface area contributed by atoms with Crippen LogP contribution in [-0.2, 0) is 0 Å². The van der Waals surface area contributed by atoms with Gasteiger partial charge in [-0.3, -0.25) is 14.9 Å². The molecule has 0 aromatic heterocycles. The van der Waals surface area contributed by atoms with E-state index in [1.165, 1.54) is 0 Å². The first-order chi connectivity index (χ1) is 9.43. The molecule has 6 nitrogen and oxygen atoms in total. The van der Waals surface area contributed by atoms with Crippen LogP contribution >= 0.6 is 0 Å². The number of hydrogen-bond donors (Lipinski definition) is 1. The monoisotopic (exact) mass is 281 g/mol. The number of benzene rings is 1. The van der Waals surface area contributed by atoms with Gasteiger partial charge in [-0.15, -0.1) is 0 Å². The number of hydrogen-bond acceptors (Lipinski definition) is 4. The molecule has 0 aliphatic heterocycles. The van der Waals surface area contributed by atoms with E-state index in [1.54, 1.807) is 0 Å². The fourth-order valence-electron chi connectivity index (χ4n) is 1.78. The number of halogens is 2. The van der Waals surface area contributed by atoms with E-state index >= 15 is 0 Å². The molecule has 0 bridgehead atoms. The predicted molar refractivity (Wildman–Crippen MR) is 62.6 cm³/mol. The molecule has 1 aromatic rings. The third-order valence-corrected chi connectivity index (χ3v) is 2.98. The van der Waals surface area contributed by atoms with Crippen molar-refractivity contribution in [3.05, 3.63) is 39.4 Å². The summed E-state index contributed by atoms with van der Waals surface area (Å²) in [5.41, 5.74) is -1.90. The van der Waals surface area contributed by atoms with E-state index in [9.17, 15) is 23.7 Å². The number of nitro groups is 1. The van der Waals surface area contributed by atoms with Gasteiger partial charge in [0.15, 0.2) is 0 Å². The molecular weight excluding hydrogens is 272 g/mol. The van der Waals surface area contributed by atoms with E-state index in [2.05, 4.69) is 5.32 Å². The fraction of sp³-hybridized carbons (Fsp3) is 0.333. The van der Waals surface area contributed by atoms with E-state index < -0.39 is 39.8 Å². The van der Waals surface area contributed by atoms with Gasteiger partial charge in [0.2, 0.25) is 5.82 Å². The Kier molecular flexibility index (Phi) is 3.61. The first-order valence-electron chi connectivity index (χ1n) is 5.78. The summed E-state index contributed by atoms with van der Waals surface area (Å²) < 4.78 is 27.0. The molecule has 1 aliphatic rings. The van der Waals surface area contributed by atoms with Crippen LogP contribution < -0.4 is 5.32 Å². The van der Waals surface area contributed by atoms with Gasteiger partial charge in [-0.25, -0.2) is 4.39 Å². The summed E-state index contributed by atoms with van der Waals surface area (Å²) in [7, 11) is 0. The lowest BCUT2D eigenvalue weighted by Gasteiger charge is -2.11. The summed E-state index contributed by atoms with van der Waals surface area (Å²) in [6.45, 7) is 0. The van der Waals surface area contributed by atoms with Crippen molar-refractivity contribution >= 4 is 11.6 Å². The molecule has 1 aromatic carbocycles. The van der Waals surface area contributed by atoms with Crippen LogP contribution in [0.5, 0.6) is 0 Å². The largest absolute Gasteiger partial charge is 0.336 e. The second-order valence-corrected chi connectivity index (χ2v) is 4.46. The summed E-state index contributed by atoms with van der Waals surface area (Å²) in [5.74, 6) is -3.55. The molecule has 0 radical (unpaired) electrons. The molecule has 1 aliphatic carbocycles. The van der Waals surface area contributed by atoms with Crippen molar-refractivity contribution in [2.75, 3.05) is 0 Å². The number of carbonyl (C=O) groups is 1. The first-order valence-corrected chi connectivity index (χ1v) is 5.78. The Morgan fingerprint density at radius 1 is 1.50 bits per heavy atom. The van der Waals surface area contributed by atoms with Crippen LogP contribution in [0.4, 0.5) is 14.5 Å². The lowest BCUT2D eigenvalue weighted by Crippen LogP contribution is -2.35. The minimum absolute atomic E-state index is 0.00411. The molecule has 0 heterocycles. The van der Waals surface area contributed by atoms with Crippen LogP contribution in [0.15, 0.2) is 12.1 Å². The standard InChI is InChI=1S/C12H9F2N3O3/c13-7-3-8(11(14)10(4-7)17(19)20)12(18)16-9(5-15)6-1-2-6/h3-4,6,9H,1-2H2,(H,16,18). The highest BCUT2D eigenvalue weighted by Gasteiger charge is 2.33. The van der Waals surface area contributed by atoms with Crippen LogP contribution in [-0.4, -0.2) is 16.9 Å². The van der Waals surface area contributed by atoms with Gasteiger partial charge in [-0.05, 0) is 24.8 Å². The van der Waals surface area contributed by atoms with E-state index in [1.807, 2.05) is 6.07 Å². The molecule has 1 unspecified atom stereocenters. The average Bonchev–Trinajstić information content (AvgIpc) is 3.22. The number of nitrogens with zero attached hydrogens (tertiary/aromatic N) is 2. The highest BCUT2D eigenvalue weighted by molar-refractivity contribution is 5.95. The SMILES string of the molecule is N#CC(NC(=O)c1cc(F)cc([N+](=O)[O-])c1F)C1CC1. The van der Waals surface area contributed by atoms with E-state index in [0.717, 1.165) is 12.8 Å². The van der Waals surface area contributed by atoms with Crippen LogP contribution in [0.25, 0.3) is 0 Å². The molecule has 0 spiro atoms. The zero-order chi connectivity index (χ0) is 14.9. The second-order valence-electron chi connectivity index (χ2n) is 4.46. The van der Waals surface area contributed by atoms with Crippen LogP contribution in [0.3, 0.4) is 0 Å². The average molecular weight is 281 g/mol. The first kappa shape index (κ1) is 13.9. The number of rotatable bonds is 4. The van der Waals surface area contributed by atoms with Gasteiger partial charge in [0.25, 0.3) is 5.91 Å². The van der Waals surface area contributed by atoms with Crippen LogP contribution in [0.2, 0.25) is 0 Å². The minimum Gasteiger partial charge on any atom is -0.336 e. The second kappa shape index (κ2) is 5.21. The van der Waals surface area contributed by atoms with E-state index in [4.69, 9.17) is 5.26 Å². The summed E-state index contributed by atoms with van der Waals surface area (Å²) in [6, 6.07) is 2.02. The molecule has 1 N–H and O–H groups in total. The van der Waals surface area contributed by atoms with Crippen molar-refractivity contribution in [3.63, 3.8) is 0 Å². The summed E-state index contributed by atoms with van der Waals surface area (Å²) in [5, 5.41) is 21.7. The predicted octanol–water partition coefficient (Wildman–Crippen LogP) is 1.90. The zero-order valence-electron chi connectivity index (χ0n) is 10.1. The number of nitrogens with one attached hydrogen (secondary N) is 1. The maximum absolute atomic E-state index is 13.8. The highest BCUT2D eigenvalue weighted by atomic mass is 19.1. The van der Waals surface area contributed by atoms with Crippen LogP contribution in [0.1, 0.15) is 23.2 Å². The number of amides is 1. The Bertz CT molecular complexity index is 623. The van der Waals surface area contributed by atoms with Gasteiger partial charge < -0.3 is 5.32 Å². The van der Waals surface area contributed by atoms with Gasteiger partial charge in [-0.2, -0.15) is 9.65 Å². The Morgan fingerprint density at radius 2 is 2.15 bits per heavy atom. The molecule has 1 saturated carbocycles. The molecule has 1 atom stereocenters. The number of nitro benzene ring substituents is 1. The number of carbonyl (C=O) groups excluding carboxylic acids is 1. The van der Waals surface area contributed by atoms with Crippen molar-refractivity contribution < 1.29 is 18.5 Å². The maximum atomic E-state index is 13.8. The van der Waals surface area contributed by atoms with Crippen molar-refractivity contribution in [1.82, 2.24) is 5.32 Å². The van der Waals surface area contributed by atoms with Gasteiger partial charge in [0.1, 0.15) is 11.9 Å². The smallest absolute Gasteiger partial charge is 0.308 e. The van der Waals surface area contributed by atoms with Gasteiger partial charge >= 0.3 is 5.69 Å². The zero-order valence-corrected chi connectivity index (χ0v) is 10.1. The summed E-state index contributed by atoms with van der Waals surface area (Å²) in [4.78, 5) is 21.2. The van der Waals surface area contributed by atoms with Crippen LogP contribution in [0, 0.1) is 39.0 Å². The molecule has 2 rings (SSSR count). The Hall–Kier alpha value is -2.56. The summed E-state index contributed by atoms with van der Waals surface area (Å²) >= 11 is 0. The maximum Gasteiger partial charge on any atom is 0.308 e. The Labute approximate surface area is 112 Å². The Balaban J connectivity index is 2.30. The minimum atomic E-state index is -1.42. The third kappa shape index (κ3) is 2.71. The fourth-order valence-corrected chi connectivity index (χ4v) is 1.78. The third-order valence-electron chi connectivity index (χ3n) is 2.98.